The van der Waals surface area contributed by atoms with Crippen LogP contribution < -0.4 is 10.2 Å². The molecule has 5 rings (SSSR count). The van der Waals surface area contributed by atoms with Crippen LogP contribution in [0.5, 0.6) is 0 Å². The lowest BCUT2D eigenvalue weighted by Crippen LogP contribution is -2.39. The maximum Gasteiger partial charge on any atom is 0.251 e. The number of hydrogen-bond acceptors (Lipinski definition) is 8. The second-order valence-electron chi connectivity index (χ2n) is 10.3. The fourth-order valence-corrected chi connectivity index (χ4v) is 5.54. The first-order valence-electron chi connectivity index (χ1n) is 12.7. The second-order valence-corrected chi connectivity index (χ2v) is 12.2. The van der Waals surface area contributed by atoms with Gasteiger partial charge in [0.1, 0.15) is 11.6 Å². The zero-order valence-electron chi connectivity index (χ0n) is 21.9. The number of nitrogens with zero attached hydrogens (tertiary/aromatic N) is 5. The monoisotopic (exact) mass is 548 g/mol. The molecule has 0 aromatic carbocycles. The molecule has 2 atom stereocenters. The van der Waals surface area contributed by atoms with Crippen molar-refractivity contribution in [2.45, 2.75) is 31.8 Å². The molecule has 0 bridgehead atoms. The number of piperidine rings is 1. The molecule has 1 saturated heterocycles. The Morgan fingerprint density at radius 3 is 2.54 bits per heavy atom. The first-order valence-corrected chi connectivity index (χ1v) is 14.6. The summed E-state index contributed by atoms with van der Waals surface area (Å²) in [6.07, 6.45) is 5.12. The lowest BCUT2D eigenvalue weighted by Gasteiger charge is -2.36. The molecule has 4 aromatic heterocycles. The van der Waals surface area contributed by atoms with Crippen molar-refractivity contribution in [3.63, 3.8) is 0 Å². The highest BCUT2D eigenvalue weighted by atomic mass is 32.2. The van der Waals surface area contributed by atoms with E-state index >= 15 is 0 Å². The molecule has 1 aliphatic rings. The molecular weight excluding hydrogens is 519 g/mol. The summed E-state index contributed by atoms with van der Waals surface area (Å²) in [6.45, 7) is 6.17. The average Bonchev–Trinajstić information content (AvgIpc) is 2.90. The van der Waals surface area contributed by atoms with E-state index in [0.29, 0.717) is 40.3 Å². The highest BCUT2D eigenvalue weighted by Gasteiger charge is 2.24. The molecule has 4 aromatic rings. The number of carbonyl (C=O) groups excluding carboxylic acids is 1. The van der Waals surface area contributed by atoms with Gasteiger partial charge < -0.3 is 10.2 Å². The van der Waals surface area contributed by atoms with Crippen molar-refractivity contribution in [1.29, 1.82) is 0 Å². The van der Waals surface area contributed by atoms with Crippen LogP contribution in [0, 0.1) is 17.7 Å². The number of sulfone groups is 1. The van der Waals surface area contributed by atoms with E-state index in [1.807, 2.05) is 6.07 Å². The molecule has 39 heavy (non-hydrogen) atoms. The molecule has 1 N–H and O–H groups in total. The lowest BCUT2D eigenvalue weighted by atomic mass is 9.92. The Morgan fingerprint density at radius 2 is 1.79 bits per heavy atom. The minimum Gasteiger partial charge on any atom is -0.356 e. The van der Waals surface area contributed by atoms with Gasteiger partial charge in [0.15, 0.2) is 14.9 Å². The second kappa shape index (κ2) is 10.6. The highest BCUT2D eigenvalue weighted by molar-refractivity contribution is 7.90. The third kappa shape index (κ3) is 6.19. The van der Waals surface area contributed by atoms with Gasteiger partial charge in [0, 0.05) is 54.8 Å². The Hall–Kier alpha value is -3.99. The molecule has 0 radical (unpaired) electrons. The topological polar surface area (TPSA) is 118 Å². The van der Waals surface area contributed by atoms with Crippen LogP contribution in [-0.2, 0) is 16.4 Å². The van der Waals surface area contributed by atoms with E-state index in [1.165, 1.54) is 30.5 Å². The van der Waals surface area contributed by atoms with Crippen LogP contribution in [0.1, 0.15) is 36.3 Å². The van der Waals surface area contributed by atoms with Gasteiger partial charge in [-0.25, -0.2) is 27.8 Å². The SMILES string of the molecule is C[C@@H]1C[C@H](C)CN(c2cc(F)cc(-c3ccc4cnc(CNC(=O)c5ccnc(S(C)(=O)=O)c5)cc4n3)n2)C1. The number of amides is 1. The summed E-state index contributed by atoms with van der Waals surface area (Å²) < 4.78 is 38.2. The number of fused-ring (bicyclic) bond motifs is 1. The molecule has 1 fully saturated rings. The zero-order chi connectivity index (χ0) is 27.7. The number of anilines is 1. The fourth-order valence-electron chi connectivity index (χ4n) is 4.95. The highest BCUT2D eigenvalue weighted by Crippen LogP contribution is 2.28. The van der Waals surface area contributed by atoms with Crippen molar-refractivity contribution < 1.29 is 17.6 Å². The van der Waals surface area contributed by atoms with Crippen molar-refractivity contribution in [2.75, 3.05) is 24.2 Å². The number of carbonyl (C=O) groups is 1. The van der Waals surface area contributed by atoms with Crippen LogP contribution in [0.2, 0.25) is 0 Å². The van der Waals surface area contributed by atoms with Crippen molar-refractivity contribution in [2.24, 2.45) is 11.8 Å². The molecule has 0 unspecified atom stereocenters. The quantitative estimate of drug-likeness (QED) is 0.384. The molecular formula is C28H29FN6O3S. The van der Waals surface area contributed by atoms with Crippen molar-refractivity contribution in [1.82, 2.24) is 25.3 Å². The molecule has 1 aliphatic heterocycles. The van der Waals surface area contributed by atoms with Crippen LogP contribution >= 0.6 is 0 Å². The van der Waals surface area contributed by atoms with Crippen LogP contribution in [0.3, 0.4) is 0 Å². The van der Waals surface area contributed by atoms with Gasteiger partial charge in [-0.1, -0.05) is 13.8 Å². The van der Waals surface area contributed by atoms with Crippen molar-refractivity contribution in [3.8, 4) is 11.4 Å². The molecule has 0 aliphatic carbocycles. The molecule has 11 heteroatoms. The van der Waals surface area contributed by atoms with E-state index in [-0.39, 0.29) is 23.0 Å². The fraction of sp³-hybridized carbons (Fsp3) is 0.321. The Morgan fingerprint density at radius 1 is 1.03 bits per heavy atom. The van der Waals surface area contributed by atoms with E-state index in [2.05, 4.69) is 34.0 Å². The standard InChI is InChI=1S/C28H29FN6O3S/c1-17-8-18(2)16-35(15-17)26-11-21(29)10-25(34-26)23-5-4-20-13-31-22(12-24(20)33-23)14-32-28(36)19-6-7-30-27(9-19)39(3,37)38/h4-7,9-13,17-18H,8,14-16H2,1-3H3,(H,32,36)/t17-,18+. The summed E-state index contributed by atoms with van der Waals surface area (Å²) in [5.74, 6) is 0.805. The Balaban J connectivity index is 1.36. The predicted octanol–water partition coefficient (Wildman–Crippen LogP) is 4.04. The van der Waals surface area contributed by atoms with Gasteiger partial charge in [-0.05, 0) is 48.6 Å². The summed E-state index contributed by atoms with van der Waals surface area (Å²) in [4.78, 5) is 32.4. The summed E-state index contributed by atoms with van der Waals surface area (Å²) in [7, 11) is -3.54. The lowest BCUT2D eigenvalue weighted by molar-refractivity contribution is 0.0950. The van der Waals surface area contributed by atoms with Crippen LogP contribution in [0.4, 0.5) is 10.2 Å². The number of aromatic nitrogens is 4. The van der Waals surface area contributed by atoms with Crippen molar-refractivity contribution >= 4 is 32.5 Å². The number of pyridine rings is 4. The van der Waals surface area contributed by atoms with Crippen molar-refractivity contribution in [3.05, 3.63) is 71.9 Å². The van der Waals surface area contributed by atoms with Gasteiger partial charge in [-0.15, -0.1) is 0 Å². The molecule has 202 valence electrons. The molecule has 1 amide bonds. The van der Waals surface area contributed by atoms with Gasteiger partial charge in [0.05, 0.1) is 29.1 Å². The van der Waals surface area contributed by atoms with Crippen LogP contribution in [0.25, 0.3) is 22.3 Å². The molecule has 0 spiro atoms. The third-order valence-electron chi connectivity index (χ3n) is 6.67. The van der Waals surface area contributed by atoms with Gasteiger partial charge >= 0.3 is 0 Å². The Kier molecular flexibility index (Phi) is 7.26. The number of hydrogen-bond donors (Lipinski definition) is 1. The predicted molar refractivity (Wildman–Crippen MR) is 146 cm³/mol. The average molecular weight is 549 g/mol. The number of nitrogens with one attached hydrogen (secondary N) is 1. The Bertz CT molecular complexity index is 1650. The molecule has 9 nitrogen and oxygen atoms in total. The maximum atomic E-state index is 14.7. The van der Waals surface area contributed by atoms with E-state index in [4.69, 9.17) is 9.97 Å². The molecule has 0 saturated carbocycles. The zero-order valence-corrected chi connectivity index (χ0v) is 22.7. The third-order valence-corrected chi connectivity index (χ3v) is 7.65. The largest absolute Gasteiger partial charge is 0.356 e. The van der Waals surface area contributed by atoms with Gasteiger partial charge in [-0.3, -0.25) is 9.78 Å². The van der Waals surface area contributed by atoms with Gasteiger partial charge in [0.25, 0.3) is 5.91 Å². The normalized spacial score (nSPS) is 17.8. The smallest absolute Gasteiger partial charge is 0.251 e. The number of rotatable bonds is 6. The Labute approximate surface area is 226 Å². The first kappa shape index (κ1) is 26.6. The minimum atomic E-state index is -3.54. The maximum absolute atomic E-state index is 14.7. The van der Waals surface area contributed by atoms with Crippen LogP contribution in [-0.4, -0.2) is 53.6 Å². The summed E-state index contributed by atoms with van der Waals surface area (Å²) in [6, 6.07) is 10.9. The van der Waals surface area contributed by atoms with E-state index in [0.717, 1.165) is 31.2 Å². The summed E-state index contributed by atoms with van der Waals surface area (Å²) in [5.41, 5.74) is 2.35. The minimum absolute atomic E-state index is 0.102. The van der Waals surface area contributed by atoms with Gasteiger partial charge in [0.2, 0.25) is 0 Å². The first-order chi connectivity index (χ1) is 18.5. The van der Waals surface area contributed by atoms with Gasteiger partial charge in [-0.2, -0.15) is 0 Å². The number of halogens is 1. The summed E-state index contributed by atoms with van der Waals surface area (Å²) in [5, 5.41) is 3.36. The van der Waals surface area contributed by atoms with E-state index < -0.39 is 15.7 Å². The summed E-state index contributed by atoms with van der Waals surface area (Å²) >= 11 is 0. The van der Waals surface area contributed by atoms with E-state index in [9.17, 15) is 17.6 Å². The molecule has 5 heterocycles. The van der Waals surface area contributed by atoms with Crippen LogP contribution in [0.15, 0.2) is 59.9 Å². The van der Waals surface area contributed by atoms with E-state index in [1.54, 1.807) is 18.3 Å².